The van der Waals surface area contributed by atoms with Gasteiger partial charge in [-0.25, -0.2) is 0 Å². The number of hydrogen-bond acceptors (Lipinski definition) is 3. The smallest absolute Gasteiger partial charge is 0.236 e. The quantitative estimate of drug-likeness (QED) is 0.587. The molecule has 0 saturated heterocycles. The van der Waals surface area contributed by atoms with Crippen LogP contribution in [-0.2, 0) is 9.53 Å². The van der Waals surface area contributed by atoms with Crippen molar-refractivity contribution >= 4 is 5.91 Å². The maximum absolute atomic E-state index is 11.6. The van der Waals surface area contributed by atoms with E-state index in [9.17, 15) is 4.79 Å². The minimum absolute atomic E-state index is 0.0686. The second-order valence-electron chi connectivity index (χ2n) is 4.24. The maximum atomic E-state index is 11.6. The van der Waals surface area contributed by atoms with Crippen molar-refractivity contribution in [3.05, 3.63) is 0 Å². The van der Waals surface area contributed by atoms with Gasteiger partial charge in [0, 0.05) is 19.7 Å². The lowest BCUT2D eigenvalue weighted by Gasteiger charge is -2.18. The van der Waals surface area contributed by atoms with Gasteiger partial charge in [0.2, 0.25) is 5.91 Å². The summed E-state index contributed by atoms with van der Waals surface area (Å²) < 4.78 is 5.00. The lowest BCUT2D eigenvalue weighted by atomic mass is 10.2. The van der Waals surface area contributed by atoms with Gasteiger partial charge < -0.3 is 15.4 Å². The van der Waals surface area contributed by atoms with Crippen molar-refractivity contribution in [3.8, 4) is 0 Å². The Morgan fingerprint density at radius 2 is 2.00 bits per heavy atom. The zero-order valence-corrected chi connectivity index (χ0v) is 11.0. The molecular formula is C12H26N2O2. The van der Waals surface area contributed by atoms with E-state index in [-0.39, 0.29) is 18.0 Å². The van der Waals surface area contributed by atoms with Crippen LogP contribution in [-0.4, -0.2) is 38.3 Å². The molecule has 0 aliphatic carbocycles. The van der Waals surface area contributed by atoms with E-state index in [0.29, 0.717) is 6.61 Å². The molecule has 16 heavy (non-hydrogen) atoms. The molecule has 0 fully saturated rings. The van der Waals surface area contributed by atoms with Crippen LogP contribution in [0.1, 0.15) is 40.0 Å². The molecule has 96 valence electrons. The Hall–Kier alpha value is -0.610. The van der Waals surface area contributed by atoms with Crippen LogP contribution in [0.4, 0.5) is 0 Å². The first kappa shape index (κ1) is 15.4. The van der Waals surface area contributed by atoms with Crippen molar-refractivity contribution in [2.45, 2.75) is 52.1 Å². The third-order valence-corrected chi connectivity index (χ3v) is 2.42. The number of amides is 1. The number of nitrogens with one attached hydrogen (secondary N) is 2. The van der Waals surface area contributed by atoms with Gasteiger partial charge in [0.15, 0.2) is 0 Å². The molecule has 4 heteroatoms. The number of unbranched alkanes of at least 4 members (excludes halogenated alkanes) is 2. The first-order valence-electron chi connectivity index (χ1n) is 6.14. The molecule has 0 aromatic heterocycles. The van der Waals surface area contributed by atoms with Gasteiger partial charge in [-0.3, -0.25) is 4.79 Å². The molecule has 0 aliphatic heterocycles. The summed E-state index contributed by atoms with van der Waals surface area (Å²) >= 11 is 0. The molecule has 2 atom stereocenters. The number of carbonyl (C=O) groups is 1. The zero-order chi connectivity index (χ0) is 12.4. The third kappa shape index (κ3) is 7.65. The highest BCUT2D eigenvalue weighted by atomic mass is 16.5. The van der Waals surface area contributed by atoms with Crippen LogP contribution in [0.3, 0.4) is 0 Å². The molecule has 0 rings (SSSR count). The van der Waals surface area contributed by atoms with Crippen LogP contribution in [0.2, 0.25) is 0 Å². The minimum atomic E-state index is -0.160. The van der Waals surface area contributed by atoms with Crippen LogP contribution in [0.5, 0.6) is 0 Å². The fourth-order valence-corrected chi connectivity index (χ4v) is 1.54. The molecule has 0 aromatic carbocycles. The Kier molecular flexibility index (Phi) is 9.24. The lowest BCUT2D eigenvalue weighted by molar-refractivity contribution is -0.123. The Balaban J connectivity index is 3.64. The van der Waals surface area contributed by atoms with Gasteiger partial charge in [0.1, 0.15) is 0 Å². The predicted octanol–water partition coefficient (Wildman–Crippen LogP) is 1.31. The Morgan fingerprint density at radius 3 is 2.56 bits per heavy atom. The summed E-state index contributed by atoms with van der Waals surface area (Å²) in [5, 5.41) is 6.11. The van der Waals surface area contributed by atoms with Gasteiger partial charge in [-0.15, -0.1) is 0 Å². The molecule has 0 aromatic rings. The maximum Gasteiger partial charge on any atom is 0.236 e. The molecule has 4 nitrogen and oxygen atoms in total. The lowest BCUT2D eigenvalue weighted by Crippen LogP contribution is -2.47. The molecule has 1 amide bonds. The second-order valence-corrected chi connectivity index (χ2v) is 4.24. The number of rotatable bonds is 9. The topological polar surface area (TPSA) is 50.4 Å². The predicted molar refractivity (Wildman–Crippen MR) is 66.5 cm³/mol. The third-order valence-electron chi connectivity index (χ3n) is 2.42. The minimum Gasteiger partial charge on any atom is -0.383 e. The largest absolute Gasteiger partial charge is 0.383 e. The average molecular weight is 230 g/mol. The molecule has 0 heterocycles. The summed E-state index contributed by atoms with van der Waals surface area (Å²) in [6.07, 6.45) is 3.40. The van der Waals surface area contributed by atoms with E-state index < -0.39 is 0 Å². The van der Waals surface area contributed by atoms with Gasteiger partial charge in [-0.2, -0.15) is 0 Å². The molecule has 2 N–H and O–H groups in total. The van der Waals surface area contributed by atoms with Gasteiger partial charge in [-0.05, 0) is 20.3 Å². The van der Waals surface area contributed by atoms with Gasteiger partial charge in [0.25, 0.3) is 0 Å². The summed E-state index contributed by atoms with van der Waals surface area (Å²) in [4.78, 5) is 11.6. The number of methoxy groups -OCH3 is 1. The molecule has 0 aliphatic rings. The molecular weight excluding hydrogens is 204 g/mol. The summed E-state index contributed by atoms with van der Waals surface area (Å²) in [5.41, 5.74) is 0. The Labute approximate surface area is 99.1 Å². The van der Waals surface area contributed by atoms with Crippen LogP contribution < -0.4 is 10.6 Å². The fraction of sp³-hybridized carbons (Fsp3) is 0.917. The summed E-state index contributed by atoms with van der Waals surface area (Å²) in [5.74, 6) is 0.0686. The molecule has 0 bridgehead atoms. The van der Waals surface area contributed by atoms with Crippen molar-refractivity contribution in [2.24, 2.45) is 0 Å². The number of ether oxygens (including phenoxy) is 1. The number of carbonyl (C=O) groups excluding carboxylic acids is 1. The van der Waals surface area contributed by atoms with Crippen molar-refractivity contribution in [1.29, 1.82) is 0 Å². The van der Waals surface area contributed by atoms with E-state index in [1.54, 1.807) is 7.11 Å². The summed E-state index contributed by atoms with van der Waals surface area (Å²) in [7, 11) is 1.66. The van der Waals surface area contributed by atoms with E-state index >= 15 is 0 Å². The first-order chi connectivity index (χ1) is 7.61. The van der Waals surface area contributed by atoms with Crippen molar-refractivity contribution < 1.29 is 9.53 Å². The molecule has 0 spiro atoms. The van der Waals surface area contributed by atoms with E-state index in [1.807, 2.05) is 13.8 Å². The standard InChI is InChI=1S/C12H26N2O2/c1-5-6-7-8-13-12(15)11(3)14-10(2)9-16-4/h10-11,14H,5-9H2,1-4H3,(H,13,15). The highest BCUT2D eigenvalue weighted by Gasteiger charge is 2.14. The normalized spacial score (nSPS) is 14.5. The van der Waals surface area contributed by atoms with Crippen molar-refractivity contribution in [1.82, 2.24) is 10.6 Å². The van der Waals surface area contributed by atoms with Gasteiger partial charge in [0.05, 0.1) is 12.6 Å². The van der Waals surface area contributed by atoms with E-state index in [1.165, 1.54) is 12.8 Å². The monoisotopic (exact) mass is 230 g/mol. The summed E-state index contributed by atoms with van der Waals surface area (Å²) in [6.45, 7) is 7.43. The van der Waals surface area contributed by atoms with E-state index in [4.69, 9.17) is 4.74 Å². The van der Waals surface area contributed by atoms with Gasteiger partial charge in [-0.1, -0.05) is 19.8 Å². The molecule has 2 unspecified atom stereocenters. The summed E-state index contributed by atoms with van der Waals surface area (Å²) in [6, 6.07) is 0.0353. The highest BCUT2D eigenvalue weighted by molar-refractivity contribution is 5.81. The van der Waals surface area contributed by atoms with Crippen LogP contribution in [0.25, 0.3) is 0 Å². The van der Waals surface area contributed by atoms with Crippen LogP contribution >= 0.6 is 0 Å². The van der Waals surface area contributed by atoms with E-state index in [2.05, 4.69) is 17.6 Å². The van der Waals surface area contributed by atoms with Crippen molar-refractivity contribution in [3.63, 3.8) is 0 Å². The number of hydrogen-bond donors (Lipinski definition) is 2. The highest BCUT2D eigenvalue weighted by Crippen LogP contribution is 1.93. The molecule has 0 saturated carbocycles. The van der Waals surface area contributed by atoms with E-state index in [0.717, 1.165) is 13.0 Å². The Morgan fingerprint density at radius 1 is 1.31 bits per heavy atom. The second kappa shape index (κ2) is 9.60. The van der Waals surface area contributed by atoms with Gasteiger partial charge >= 0.3 is 0 Å². The molecule has 0 radical (unpaired) electrons. The average Bonchev–Trinajstić information content (AvgIpc) is 2.24. The van der Waals surface area contributed by atoms with Crippen LogP contribution in [0, 0.1) is 0 Å². The SMILES string of the molecule is CCCCCNC(=O)C(C)NC(C)COC. The first-order valence-corrected chi connectivity index (χ1v) is 6.14. The Bertz CT molecular complexity index is 186. The van der Waals surface area contributed by atoms with Crippen LogP contribution in [0.15, 0.2) is 0 Å². The fourth-order valence-electron chi connectivity index (χ4n) is 1.54. The zero-order valence-electron chi connectivity index (χ0n) is 11.0. The van der Waals surface area contributed by atoms with Crippen molar-refractivity contribution in [2.75, 3.05) is 20.3 Å².